The number of phenolic OH excluding ortho intramolecular Hbond substituents is 1. The van der Waals surface area contributed by atoms with Gasteiger partial charge < -0.3 is 14.6 Å². The number of hydrogen-bond acceptors (Lipinski definition) is 5. The third kappa shape index (κ3) is 3.97. The fourth-order valence-corrected chi connectivity index (χ4v) is 1.23. The van der Waals surface area contributed by atoms with Crippen molar-refractivity contribution >= 4 is 12.3 Å². The largest absolute Gasteiger partial charge is 0.504 e. The Kier molecular flexibility index (Phi) is 5.50. The molecule has 0 aliphatic carbocycles. The van der Waals surface area contributed by atoms with Crippen LogP contribution in [0.15, 0.2) is 23.3 Å². The maximum Gasteiger partial charge on any atom is 0.427 e. The number of amides is 1. The second-order valence-electron chi connectivity index (χ2n) is 3.22. The van der Waals surface area contributed by atoms with Gasteiger partial charge in [0.1, 0.15) is 0 Å². The number of aromatic hydroxyl groups is 1. The van der Waals surface area contributed by atoms with Gasteiger partial charge in [0.25, 0.3) is 0 Å². The molecule has 6 heteroatoms. The number of hydrazone groups is 1. The van der Waals surface area contributed by atoms with E-state index in [2.05, 4.69) is 15.3 Å². The van der Waals surface area contributed by atoms with E-state index in [-0.39, 0.29) is 12.4 Å². The fourth-order valence-electron chi connectivity index (χ4n) is 1.23. The van der Waals surface area contributed by atoms with Gasteiger partial charge in [0.05, 0.1) is 19.4 Å². The molecule has 1 amide bonds. The Bertz CT molecular complexity index is 432. The van der Waals surface area contributed by atoms with E-state index in [4.69, 9.17) is 4.74 Å². The number of nitrogens with zero attached hydrogens (tertiary/aromatic N) is 1. The van der Waals surface area contributed by atoms with Crippen LogP contribution in [0.25, 0.3) is 0 Å². The molecule has 0 aliphatic rings. The highest BCUT2D eigenvalue weighted by molar-refractivity contribution is 5.85. The van der Waals surface area contributed by atoms with E-state index in [9.17, 15) is 9.90 Å². The molecule has 0 radical (unpaired) electrons. The summed E-state index contributed by atoms with van der Waals surface area (Å²) >= 11 is 0. The number of para-hydroxylation sites is 1. The molecule has 0 aliphatic heterocycles. The summed E-state index contributed by atoms with van der Waals surface area (Å²) in [6.45, 7) is 4.24. The first-order chi connectivity index (χ1) is 8.69. The van der Waals surface area contributed by atoms with Crippen LogP contribution in [0, 0.1) is 0 Å². The number of carbonyl (C=O) groups is 1. The summed E-state index contributed by atoms with van der Waals surface area (Å²) in [5.41, 5.74) is 2.61. The third-order valence-electron chi connectivity index (χ3n) is 1.96. The molecule has 6 nitrogen and oxygen atoms in total. The molecule has 18 heavy (non-hydrogen) atoms. The predicted octanol–water partition coefficient (Wildman–Crippen LogP) is 1.87. The van der Waals surface area contributed by atoms with Gasteiger partial charge in [-0.15, -0.1) is 0 Å². The quantitative estimate of drug-likeness (QED) is 0.619. The summed E-state index contributed by atoms with van der Waals surface area (Å²) in [5, 5.41) is 13.5. The minimum Gasteiger partial charge on any atom is -0.504 e. The lowest BCUT2D eigenvalue weighted by Gasteiger charge is -2.07. The number of carbonyl (C=O) groups excluding carboxylic acids is 1. The molecule has 1 rings (SSSR count). The Morgan fingerprint density at radius 2 is 2.22 bits per heavy atom. The number of benzene rings is 1. The molecule has 0 atom stereocenters. The zero-order valence-electron chi connectivity index (χ0n) is 10.3. The third-order valence-corrected chi connectivity index (χ3v) is 1.96. The van der Waals surface area contributed by atoms with Crippen molar-refractivity contribution in [1.29, 1.82) is 0 Å². The summed E-state index contributed by atoms with van der Waals surface area (Å²) in [6, 6.07) is 5.01. The van der Waals surface area contributed by atoms with E-state index >= 15 is 0 Å². The van der Waals surface area contributed by atoms with Gasteiger partial charge in [-0.1, -0.05) is 6.07 Å². The molecule has 1 aromatic rings. The van der Waals surface area contributed by atoms with Gasteiger partial charge in [0.15, 0.2) is 11.5 Å². The second kappa shape index (κ2) is 7.16. The van der Waals surface area contributed by atoms with Crippen molar-refractivity contribution in [3.8, 4) is 11.5 Å². The molecule has 2 N–H and O–H groups in total. The van der Waals surface area contributed by atoms with Crippen LogP contribution in [0.5, 0.6) is 11.5 Å². The molecule has 1 aromatic carbocycles. The van der Waals surface area contributed by atoms with Crippen molar-refractivity contribution in [2.75, 3.05) is 13.2 Å². The smallest absolute Gasteiger partial charge is 0.427 e. The maximum atomic E-state index is 11.0. The van der Waals surface area contributed by atoms with Crippen molar-refractivity contribution in [2.24, 2.45) is 5.10 Å². The van der Waals surface area contributed by atoms with Crippen LogP contribution in [0.1, 0.15) is 19.4 Å². The topological polar surface area (TPSA) is 80.2 Å². The SMILES string of the molecule is CCOC(=O)N/N=C/c1cccc(OCC)c1O. The van der Waals surface area contributed by atoms with Crippen LogP contribution in [-0.4, -0.2) is 30.6 Å². The van der Waals surface area contributed by atoms with Gasteiger partial charge in [-0.2, -0.15) is 5.10 Å². The number of ether oxygens (including phenoxy) is 2. The van der Waals surface area contributed by atoms with Crippen molar-refractivity contribution in [1.82, 2.24) is 5.43 Å². The van der Waals surface area contributed by atoms with Gasteiger partial charge in [0.2, 0.25) is 0 Å². The Balaban J connectivity index is 2.69. The summed E-state index contributed by atoms with van der Waals surface area (Å²) in [5.74, 6) is 0.353. The van der Waals surface area contributed by atoms with E-state index in [0.29, 0.717) is 17.9 Å². The molecule has 0 saturated heterocycles. The van der Waals surface area contributed by atoms with Gasteiger partial charge in [-0.3, -0.25) is 0 Å². The van der Waals surface area contributed by atoms with E-state index in [1.807, 2.05) is 6.92 Å². The van der Waals surface area contributed by atoms with Crippen LogP contribution in [0.4, 0.5) is 4.79 Å². The Hall–Kier alpha value is -2.24. The monoisotopic (exact) mass is 252 g/mol. The van der Waals surface area contributed by atoms with E-state index < -0.39 is 6.09 Å². The molecule has 0 heterocycles. The van der Waals surface area contributed by atoms with Crippen molar-refractivity contribution in [3.63, 3.8) is 0 Å². The molecular weight excluding hydrogens is 236 g/mol. The summed E-state index contributed by atoms with van der Waals surface area (Å²) in [6.07, 6.45) is 0.670. The lowest BCUT2D eigenvalue weighted by molar-refractivity contribution is 0.152. The molecule has 0 spiro atoms. The van der Waals surface area contributed by atoms with E-state index in [1.54, 1.807) is 25.1 Å². The summed E-state index contributed by atoms with van der Waals surface area (Å²) in [7, 11) is 0. The lowest BCUT2D eigenvalue weighted by Crippen LogP contribution is -2.18. The Morgan fingerprint density at radius 1 is 1.44 bits per heavy atom. The number of rotatable bonds is 5. The molecule has 0 unspecified atom stereocenters. The van der Waals surface area contributed by atoms with Crippen LogP contribution in [0.2, 0.25) is 0 Å². The maximum absolute atomic E-state index is 11.0. The second-order valence-corrected chi connectivity index (χ2v) is 3.22. The summed E-state index contributed by atoms with van der Waals surface area (Å²) < 4.78 is 9.84. The van der Waals surface area contributed by atoms with Crippen LogP contribution in [0.3, 0.4) is 0 Å². The molecule has 0 fully saturated rings. The minimum absolute atomic E-state index is 0.0197. The normalized spacial score (nSPS) is 10.3. The molecule has 98 valence electrons. The van der Waals surface area contributed by atoms with E-state index in [0.717, 1.165) is 0 Å². The van der Waals surface area contributed by atoms with E-state index in [1.165, 1.54) is 6.21 Å². The standard InChI is InChI=1S/C12H16N2O4/c1-3-17-10-7-5-6-9(11(10)15)8-13-14-12(16)18-4-2/h5-8,15H,3-4H2,1-2H3,(H,14,16)/b13-8+. The van der Waals surface area contributed by atoms with Gasteiger partial charge in [-0.05, 0) is 26.0 Å². The van der Waals surface area contributed by atoms with Gasteiger partial charge in [-0.25, -0.2) is 10.2 Å². The zero-order valence-corrected chi connectivity index (χ0v) is 10.3. The lowest BCUT2D eigenvalue weighted by atomic mass is 10.2. The highest BCUT2D eigenvalue weighted by atomic mass is 16.5. The van der Waals surface area contributed by atoms with Crippen molar-refractivity contribution in [3.05, 3.63) is 23.8 Å². The summed E-state index contributed by atoms with van der Waals surface area (Å²) in [4.78, 5) is 11.0. The molecule has 0 saturated carbocycles. The van der Waals surface area contributed by atoms with Crippen molar-refractivity contribution < 1.29 is 19.4 Å². The number of nitrogens with one attached hydrogen (secondary N) is 1. The van der Waals surface area contributed by atoms with Gasteiger partial charge >= 0.3 is 6.09 Å². The first kappa shape index (κ1) is 13.8. The van der Waals surface area contributed by atoms with Crippen molar-refractivity contribution in [2.45, 2.75) is 13.8 Å². The highest BCUT2D eigenvalue weighted by Crippen LogP contribution is 2.28. The van der Waals surface area contributed by atoms with Crippen LogP contribution < -0.4 is 10.2 Å². The molecule has 0 bridgehead atoms. The average Bonchev–Trinajstić information content (AvgIpc) is 2.34. The Morgan fingerprint density at radius 3 is 2.89 bits per heavy atom. The first-order valence-corrected chi connectivity index (χ1v) is 5.59. The van der Waals surface area contributed by atoms with Crippen LogP contribution >= 0.6 is 0 Å². The van der Waals surface area contributed by atoms with Crippen LogP contribution in [-0.2, 0) is 4.74 Å². The zero-order chi connectivity index (χ0) is 13.4. The predicted molar refractivity (Wildman–Crippen MR) is 67.0 cm³/mol. The first-order valence-electron chi connectivity index (χ1n) is 5.59. The number of hydrogen-bond donors (Lipinski definition) is 2. The average molecular weight is 252 g/mol. The number of phenols is 1. The minimum atomic E-state index is -0.644. The highest BCUT2D eigenvalue weighted by Gasteiger charge is 2.05. The van der Waals surface area contributed by atoms with Gasteiger partial charge in [0, 0.05) is 5.56 Å². The fraction of sp³-hybridized carbons (Fsp3) is 0.333. The molecule has 0 aromatic heterocycles. The molecular formula is C12H16N2O4. The Labute approximate surface area is 105 Å².